The summed E-state index contributed by atoms with van der Waals surface area (Å²) in [7, 11) is 1.92. The lowest BCUT2D eigenvalue weighted by Gasteiger charge is -2.18. The van der Waals surface area contributed by atoms with E-state index < -0.39 is 0 Å². The first-order valence-corrected chi connectivity index (χ1v) is 4.88. The van der Waals surface area contributed by atoms with Crippen molar-refractivity contribution in [3.8, 4) is 0 Å². The van der Waals surface area contributed by atoms with Crippen molar-refractivity contribution < 1.29 is 5.11 Å². The molecule has 0 amide bonds. The summed E-state index contributed by atoms with van der Waals surface area (Å²) in [5.41, 5.74) is 1.10. The van der Waals surface area contributed by atoms with E-state index >= 15 is 0 Å². The summed E-state index contributed by atoms with van der Waals surface area (Å²) >= 11 is 3.35. The van der Waals surface area contributed by atoms with Crippen LogP contribution < -0.4 is 4.90 Å². The van der Waals surface area contributed by atoms with Crippen molar-refractivity contribution in [2.24, 2.45) is 0 Å². The van der Waals surface area contributed by atoms with E-state index in [2.05, 4.69) is 20.9 Å². The normalized spacial score (nSPS) is 10.2. The van der Waals surface area contributed by atoms with E-state index in [-0.39, 0.29) is 6.61 Å². The Hall–Kier alpha value is -0.610. The van der Waals surface area contributed by atoms with Gasteiger partial charge >= 0.3 is 0 Å². The number of nitrogens with zero attached hydrogens (tertiary/aromatic N) is 2. The Balaban J connectivity index is 2.88. The fourth-order valence-electron chi connectivity index (χ4n) is 1.19. The third-order valence-electron chi connectivity index (χ3n) is 1.81. The van der Waals surface area contributed by atoms with Gasteiger partial charge in [0.05, 0.1) is 6.61 Å². The van der Waals surface area contributed by atoms with Crippen LogP contribution in [0.25, 0.3) is 0 Å². The van der Waals surface area contributed by atoms with Crippen molar-refractivity contribution in [3.63, 3.8) is 0 Å². The Labute approximate surface area is 86.5 Å². The van der Waals surface area contributed by atoms with Crippen molar-refractivity contribution in [1.29, 1.82) is 0 Å². The molecule has 0 atom stereocenters. The number of hydrogen-bond donors (Lipinski definition) is 1. The molecular formula is C9H13BrN2O. The lowest BCUT2D eigenvalue weighted by molar-refractivity contribution is 0.304. The molecule has 0 saturated heterocycles. The first-order valence-electron chi connectivity index (χ1n) is 4.09. The van der Waals surface area contributed by atoms with Crippen LogP contribution in [0.5, 0.6) is 0 Å². The highest BCUT2D eigenvalue weighted by molar-refractivity contribution is 9.10. The Bertz CT molecular complexity index is 291. The van der Waals surface area contributed by atoms with Gasteiger partial charge in [0, 0.05) is 24.3 Å². The lowest BCUT2D eigenvalue weighted by Crippen LogP contribution is -2.22. The van der Waals surface area contributed by atoms with E-state index in [4.69, 9.17) is 5.11 Å². The molecule has 0 fully saturated rings. The number of aromatic nitrogens is 1. The molecule has 0 saturated carbocycles. The number of aliphatic hydroxyl groups is 1. The first-order chi connectivity index (χ1) is 6.15. The van der Waals surface area contributed by atoms with Crippen LogP contribution in [0.15, 0.2) is 16.7 Å². The molecule has 0 aliphatic heterocycles. The van der Waals surface area contributed by atoms with Gasteiger partial charge in [-0.2, -0.15) is 0 Å². The molecule has 1 rings (SSSR count). The molecule has 0 unspecified atom stereocenters. The lowest BCUT2D eigenvalue weighted by atomic mass is 10.3. The molecule has 3 nitrogen and oxygen atoms in total. The topological polar surface area (TPSA) is 36.4 Å². The second-order valence-electron chi connectivity index (χ2n) is 2.94. The van der Waals surface area contributed by atoms with Crippen LogP contribution in [0.4, 0.5) is 5.82 Å². The molecule has 0 aliphatic carbocycles. The molecule has 0 radical (unpaired) electrons. The van der Waals surface area contributed by atoms with Gasteiger partial charge in [-0.05, 0) is 34.5 Å². The summed E-state index contributed by atoms with van der Waals surface area (Å²) in [5.74, 6) is 0.914. The van der Waals surface area contributed by atoms with Gasteiger partial charge in [-0.25, -0.2) is 4.98 Å². The van der Waals surface area contributed by atoms with Crippen LogP contribution >= 0.6 is 15.9 Å². The molecule has 0 spiro atoms. The smallest absolute Gasteiger partial charge is 0.131 e. The van der Waals surface area contributed by atoms with Crippen LogP contribution in [0.3, 0.4) is 0 Å². The van der Waals surface area contributed by atoms with Gasteiger partial charge in [0.15, 0.2) is 0 Å². The molecule has 0 aromatic carbocycles. The highest BCUT2D eigenvalue weighted by Crippen LogP contribution is 2.19. The molecule has 1 aromatic heterocycles. The molecule has 0 bridgehead atoms. The van der Waals surface area contributed by atoms with Crippen LogP contribution in [0, 0.1) is 6.92 Å². The standard InChI is InChI=1S/C9H13BrN2O/c1-7-5-8(10)6-11-9(7)12(2)3-4-13/h5-6,13H,3-4H2,1-2H3. The number of aryl methyl sites for hydroxylation is 1. The molecule has 1 heterocycles. The minimum atomic E-state index is 0.147. The van der Waals surface area contributed by atoms with Gasteiger partial charge in [0.25, 0.3) is 0 Å². The molecule has 4 heteroatoms. The van der Waals surface area contributed by atoms with Gasteiger partial charge in [-0.1, -0.05) is 0 Å². The average molecular weight is 245 g/mol. The fourth-order valence-corrected chi connectivity index (χ4v) is 1.63. The van der Waals surface area contributed by atoms with Crippen molar-refractivity contribution in [3.05, 3.63) is 22.3 Å². The van der Waals surface area contributed by atoms with Crippen LogP contribution in [0.1, 0.15) is 5.56 Å². The maximum absolute atomic E-state index is 8.76. The molecule has 1 aromatic rings. The van der Waals surface area contributed by atoms with Gasteiger partial charge < -0.3 is 10.0 Å². The van der Waals surface area contributed by atoms with E-state index in [9.17, 15) is 0 Å². The van der Waals surface area contributed by atoms with Crippen LogP contribution in [-0.2, 0) is 0 Å². The second kappa shape index (κ2) is 4.58. The minimum Gasteiger partial charge on any atom is -0.395 e. The summed E-state index contributed by atoms with van der Waals surface area (Å²) in [6.45, 7) is 2.75. The number of halogens is 1. The molecule has 13 heavy (non-hydrogen) atoms. The summed E-state index contributed by atoms with van der Waals surface area (Å²) < 4.78 is 0.978. The molecular weight excluding hydrogens is 232 g/mol. The number of rotatable bonds is 3. The predicted octanol–water partition coefficient (Wildman–Crippen LogP) is 1.58. The third-order valence-corrected chi connectivity index (χ3v) is 2.25. The van der Waals surface area contributed by atoms with E-state index in [1.807, 2.05) is 24.9 Å². The Kier molecular flexibility index (Phi) is 3.69. The van der Waals surface area contributed by atoms with Gasteiger partial charge in [-0.3, -0.25) is 0 Å². The maximum atomic E-state index is 8.76. The quantitative estimate of drug-likeness (QED) is 0.878. The zero-order valence-electron chi connectivity index (χ0n) is 7.79. The Morgan fingerprint density at radius 3 is 2.85 bits per heavy atom. The van der Waals surface area contributed by atoms with Crippen LogP contribution in [-0.4, -0.2) is 30.3 Å². The number of pyridine rings is 1. The summed E-state index contributed by atoms with van der Waals surface area (Å²) in [5, 5.41) is 8.76. The van der Waals surface area contributed by atoms with Gasteiger partial charge in [-0.15, -0.1) is 0 Å². The number of anilines is 1. The Morgan fingerprint density at radius 2 is 2.31 bits per heavy atom. The van der Waals surface area contributed by atoms with Crippen LogP contribution in [0.2, 0.25) is 0 Å². The largest absolute Gasteiger partial charge is 0.395 e. The zero-order valence-corrected chi connectivity index (χ0v) is 9.37. The summed E-state index contributed by atoms with van der Waals surface area (Å²) in [6, 6.07) is 2.01. The van der Waals surface area contributed by atoms with Gasteiger partial charge in [0.2, 0.25) is 0 Å². The average Bonchev–Trinajstić information content (AvgIpc) is 2.04. The van der Waals surface area contributed by atoms with E-state index in [0.717, 1.165) is 15.9 Å². The monoisotopic (exact) mass is 244 g/mol. The van der Waals surface area contributed by atoms with Gasteiger partial charge in [0.1, 0.15) is 5.82 Å². The van der Waals surface area contributed by atoms with E-state index in [0.29, 0.717) is 6.54 Å². The molecule has 72 valence electrons. The summed E-state index contributed by atoms with van der Waals surface area (Å²) in [6.07, 6.45) is 1.76. The maximum Gasteiger partial charge on any atom is 0.131 e. The molecule has 1 N–H and O–H groups in total. The highest BCUT2D eigenvalue weighted by Gasteiger charge is 2.05. The minimum absolute atomic E-state index is 0.147. The SMILES string of the molecule is Cc1cc(Br)cnc1N(C)CCO. The number of aliphatic hydroxyl groups excluding tert-OH is 1. The van der Waals surface area contributed by atoms with E-state index in [1.54, 1.807) is 6.20 Å². The predicted molar refractivity (Wildman–Crippen MR) is 57.0 cm³/mol. The summed E-state index contributed by atoms with van der Waals surface area (Å²) in [4.78, 5) is 6.20. The Morgan fingerprint density at radius 1 is 1.62 bits per heavy atom. The second-order valence-corrected chi connectivity index (χ2v) is 3.85. The van der Waals surface area contributed by atoms with E-state index in [1.165, 1.54) is 0 Å². The first kappa shape index (κ1) is 10.5. The van der Waals surface area contributed by atoms with Crippen molar-refractivity contribution in [2.75, 3.05) is 25.1 Å². The van der Waals surface area contributed by atoms with Crippen molar-refractivity contribution in [2.45, 2.75) is 6.92 Å². The highest BCUT2D eigenvalue weighted by atomic mass is 79.9. The zero-order chi connectivity index (χ0) is 9.84. The van der Waals surface area contributed by atoms with Crippen molar-refractivity contribution in [1.82, 2.24) is 4.98 Å². The van der Waals surface area contributed by atoms with Crippen molar-refractivity contribution >= 4 is 21.7 Å². The fraction of sp³-hybridized carbons (Fsp3) is 0.444. The number of hydrogen-bond acceptors (Lipinski definition) is 3. The third kappa shape index (κ3) is 2.67. The molecule has 0 aliphatic rings. The number of likely N-dealkylation sites (N-methyl/N-ethyl adjacent to an activating group) is 1.